The quantitative estimate of drug-likeness (QED) is 0.933. The average molecular weight is 319 g/mol. The first kappa shape index (κ1) is 12.0. The van der Waals surface area contributed by atoms with E-state index in [2.05, 4.69) is 20.9 Å². The van der Waals surface area contributed by atoms with Gasteiger partial charge in [-0.1, -0.05) is 27.5 Å². The molecule has 0 aliphatic carbocycles. The zero-order valence-electron chi connectivity index (χ0n) is 8.23. The summed E-state index contributed by atoms with van der Waals surface area (Å²) in [7, 11) is 0. The molecule has 2 rings (SSSR count). The van der Waals surface area contributed by atoms with Crippen molar-refractivity contribution in [2.45, 2.75) is 12.5 Å². The number of benzene rings is 1. The van der Waals surface area contributed by atoms with Gasteiger partial charge >= 0.3 is 0 Å². The van der Waals surface area contributed by atoms with E-state index in [4.69, 9.17) is 11.6 Å². The number of aromatic nitrogens is 1. The number of hydrogen-bond donors (Lipinski definition) is 1. The van der Waals surface area contributed by atoms with Crippen LogP contribution in [0.5, 0.6) is 0 Å². The third-order valence-corrected chi connectivity index (χ3v) is 3.93. The average Bonchev–Trinajstić information content (AvgIpc) is 2.74. The molecule has 1 aromatic heterocycles. The molecule has 0 spiro atoms. The van der Waals surface area contributed by atoms with Gasteiger partial charge in [-0.05, 0) is 23.8 Å². The summed E-state index contributed by atoms with van der Waals surface area (Å²) in [6, 6.07) is 5.39. The molecule has 2 aromatic rings. The first-order chi connectivity index (χ1) is 7.66. The van der Waals surface area contributed by atoms with Crippen LogP contribution in [0.3, 0.4) is 0 Å². The Hall–Kier alpha value is -0.420. The van der Waals surface area contributed by atoms with Gasteiger partial charge in [0, 0.05) is 27.5 Å². The summed E-state index contributed by atoms with van der Waals surface area (Å²) >= 11 is 10.8. The predicted octanol–water partition coefficient (Wildman–Crippen LogP) is 3.84. The number of rotatable bonds is 3. The summed E-state index contributed by atoms with van der Waals surface area (Å²) in [4.78, 5) is 4.14. The van der Waals surface area contributed by atoms with Gasteiger partial charge in [-0.2, -0.15) is 0 Å². The summed E-state index contributed by atoms with van der Waals surface area (Å²) in [5.74, 6) is 0. The van der Waals surface area contributed by atoms with Gasteiger partial charge in [0.05, 0.1) is 11.1 Å². The Labute approximate surface area is 111 Å². The molecule has 1 heterocycles. The molecule has 1 unspecified atom stereocenters. The van der Waals surface area contributed by atoms with E-state index in [1.807, 2.05) is 11.4 Å². The van der Waals surface area contributed by atoms with Crippen LogP contribution in [-0.2, 0) is 6.42 Å². The lowest BCUT2D eigenvalue weighted by atomic mass is 10.1. The van der Waals surface area contributed by atoms with Crippen molar-refractivity contribution in [3.05, 3.63) is 49.8 Å². The molecule has 84 valence electrons. The maximum absolute atomic E-state index is 10.1. The molecule has 5 heteroatoms. The van der Waals surface area contributed by atoms with Gasteiger partial charge in [0.25, 0.3) is 0 Å². The van der Waals surface area contributed by atoms with Crippen molar-refractivity contribution in [2.75, 3.05) is 0 Å². The molecular weight excluding hydrogens is 310 g/mol. The highest BCUT2D eigenvalue weighted by Crippen LogP contribution is 2.29. The number of aliphatic hydroxyl groups is 1. The molecule has 16 heavy (non-hydrogen) atoms. The van der Waals surface area contributed by atoms with Gasteiger partial charge in [-0.3, -0.25) is 0 Å². The Balaban J connectivity index is 2.20. The van der Waals surface area contributed by atoms with Crippen LogP contribution in [0.1, 0.15) is 16.7 Å². The molecule has 0 bridgehead atoms. The van der Waals surface area contributed by atoms with Gasteiger partial charge in [0.15, 0.2) is 0 Å². The fourth-order valence-electron chi connectivity index (χ4n) is 1.40. The molecule has 0 radical (unpaired) electrons. The molecule has 0 aliphatic rings. The predicted molar refractivity (Wildman–Crippen MR) is 69.9 cm³/mol. The van der Waals surface area contributed by atoms with E-state index in [-0.39, 0.29) is 0 Å². The zero-order valence-corrected chi connectivity index (χ0v) is 11.4. The second-order valence-electron chi connectivity index (χ2n) is 3.31. The Bertz CT molecular complexity index is 475. The Kier molecular flexibility index (Phi) is 3.97. The fraction of sp³-hybridized carbons (Fsp3) is 0.182. The Morgan fingerprint density at radius 2 is 2.31 bits per heavy atom. The summed E-state index contributed by atoms with van der Waals surface area (Å²) in [6.07, 6.45) is 1.66. The van der Waals surface area contributed by atoms with Crippen molar-refractivity contribution >= 4 is 38.9 Å². The summed E-state index contributed by atoms with van der Waals surface area (Å²) in [6.45, 7) is 0. The van der Waals surface area contributed by atoms with Gasteiger partial charge in [-0.15, -0.1) is 11.3 Å². The van der Waals surface area contributed by atoms with Crippen LogP contribution in [0.2, 0.25) is 5.02 Å². The number of halogens is 2. The molecule has 1 atom stereocenters. The minimum absolute atomic E-state index is 0.511. The van der Waals surface area contributed by atoms with Crippen molar-refractivity contribution in [2.24, 2.45) is 0 Å². The van der Waals surface area contributed by atoms with E-state index >= 15 is 0 Å². The van der Waals surface area contributed by atoms with Gasteiger partial charge in [0.1, 0.15) is 0 Å². The van der Waals surface area contributed by atoms with Crippen LogP contribution in [0.25, 0.3) is 0 Å². The van der Waals surface area contributed by atoms with Crippen LogP contribution >= 0.6 is 38.9 Å². The number of aliphatic hydroxyl groups excluding tert-OH is 1. The van der Waals surface area contributed by atoms with Crippen molar-refractivity contribution in [1.82, 2.24) is 4.98 Å². The molecular formula is C11H9BrClNOS. The minimum atomic E-state index is -0.584. The van der Waals surface area contributed by atoms with Gasteiger partial charge in [0.2, 0.25) is 0 Å². The number of nitrogens with zero attached hydrogens (tertiary/aromatic N) is 1. The van der Waals surface area contributed by atoms with Crippen LogP contribution < -0.4 is 0 Å². The maximum atomic E-state index is 10.1. The molecule has 0 aliphatic heterocycles. The van der Waals surface area contributed by atoms with E-state index in [1.165, 1.54) is 11.3 Å². The molecule has 0 fully saturated rings. The highest BCUT2D eigenvalue weighted by atomic mass is 79.9. The van der Waals surface area contributed by atoms with Crippen molar-refractivity contribution in [1.29, 1.82) is 0 Å². The monoisotopic (exact) mass is 317 g/mol. The Morgan fingerprint density at radius 1 is 1.50 bits per heavy atom. The van der Waals surface area contributed by atoms with E-state index in [1.54, 1.807) is 18.3 Å². The Morgan fingerprint density at radius 3 is 3.00 bits per heavy atom. The second-order valence-corrected chi connectivity index (χ2v) is 5.58. The van der Waals surface area contributed by atoms with E-state index in [9.17, 15) is 5.11 Å². The summed E-state index contributed by atoms with van der Waals surface area (Å²) in [5.41, 5.74) is 0.794. The third kappa shape index (κ3) is 2.83. The zero-order chi connectivity index (χ0) is 11.5. The fourth-order valence-corrected chi connectivity index (χ4v) is 2.75. The lowest BCUT2D eigenvalue weighted by Crippen LogP contribution is -2.02. The first-order valence-corrected chi connectivity index (χ1v) is 6.73. The van der Waals surface area contributed by atoms with Crippen LogP contribution in [0, 0.1) is 0 Å². The van der Waals surface area contributed by atoms with Crippen LogP contribution in [0.15, 0.2) is 34.2 Å². The number of hydrogen-bond acceptors (Lipinski definition) is 3. The topological polar surface area (TPSA) is 33.1 Å². The highest BCUT2D eigenvalue weighted by Gasteiger charge is 2.13. The molecule has 0 saturated carbocycles. The van der Waals surface area contributed by atoms with E-state index in [0.717, 1.165) is 15.0 Å². The standard InChI is InChI=1S/C11H9BrClNOS/c12-9-2-1-7(13)5-8(9)10(15)6-11-14-3-4-16-11/h1-5,10,15H,6H2. The summed E-state index contributed by atoms with van der Waals surface area (Å²) in [5, 5.41) is 13.5. The third-order valence-electron chi connectivity index (χ3n) is 2.17. The van der Waals surface area contributed by atoms with E-state index < -0.39 is 6.10 Å². The second kappa shape index (κ2) is 5.27. The lowest BCUT2D eigenvalue weighted by molar-refractivity contribution is 0.177. The smallest absolute Gasteiger partial charge is 0.0954 e. The van der Waals surface area contributed by atoms with Gasteiger partial charge < -0.3 is 5.11 Å². The highest BCUT2D eigenvalue weighted by molar-refractivity contribution is 9.10. The van der Waals surface area contributed by atoms with Crippen molar-refractivity contribution in [3.63, 3.8) is 0 Å². The van der Waals surface area contributed by atoms with Crippen molar-refractivity contribution < 1.29 is 5.11 Å². The van der Waals surface area contributed by atoms with E-state index in [0.29, 0.717) is 11.4 Å². The minimum Gasteiger partial charge on any atom is -0.388 e. The summed E-state index contributed by atoms with van der Waals surface area (Å²) < 4.78 is 0.862. The SMILES string of the molecule is OC(Cc1nccs1)c1cc(Cl)ccc1Br. The number of thiazole rings is 1. The van der Waals surface area contributed by atoms with Crippen LogP contribution in [0.4, 0.5) is 0 Å². The van der Waals surface area contributed by atoms with Crippen LogP contribution in [-0.4, -0.2) is 10.1 Å². The molecule has 2 nitrogen and oxygen atoms in total. The normalized spacial score (nSPS) is 12.7. The molecule has 0 amide bonds. The first-order valence-electron chi connectivity index (χ1n) is 4.68. The molecule has 0 saturated heterocycles. The molecule has 1 N–H and O–H groups in total. The largest absolute Gasteiger partial charge is 0.388 e. The van der Waals surface area contributed by atoms with Crippen molar-refractivity contribution in [3.8, 4) is 0 Å². The maximum Gasteiger partial charge on any atom is 0.0954 e. The molecule has 1 aromatic carbocycles. The van der Waals surface area contributed by atoms with Gasteiger partial charge in [-0.25, -0.2) is 4.98 Å². The lowest BCUT2D eigenvalue weighted by Gasteiger charge is -2.11.